The summed E-state index contributed by atoms with van der Waals surface area (Å²) in [5, 5.41) is 2.74. The molecule has 2 aromatic rings. The van der Waals surface area contributed by atoms with Gasteiger partial charge < -0.3 is 19.5 Å². The summed E-state index contributed by atoms with van der Waals surface area (Å²) in [6.07, 6.45) is 0. The van der Waals surface area contributed by atoms with E-state index >= 15 is 0 Å². The van der Waals surface area contributed by atoms with Gasteiger partial charge in [0.1, 0.15) is 11.5 Å². The molecule has 0 aliphatic rings. The Kier molecular flexibility index (Phi) is 7.56. The molecule has 0 saturated carbocycles. The quantitative estimate of drug-likeness (QED) is 0.527. The van der Waals surface area contributed by atoms with E-state index in [2.05, 4.69) is 5.32 Å². The summed E-state index contributed by atoms with van der Waals surface area (Å²) >= 11 is 0. The van der Waals surface area contributed by atoms with Crippen LogP contribution in [0.25, 0.3) is 0 Å². The number of hydrogen-bond acceptors (Lipinski definition) is 6. The minimum Gasteiger partial charge on any atom is -0.497 e. The number of amides is 1. The molecular formula is C21H23NO6. The molecule has 148 valence electrons. The van der Waals surface area contributed by atoms with Crippen LogP contribution in [-0.2, 0) is 14.3 Å². The van der Waals surface area contributed by atoms with Gasteiger partial charge >= 0.3 is 5.97 Å². The number of ketones is 1. The van der Waals surface area contributed by atoms with E-state index in [1.165, 1.54) is 0 Å². The van der Waals surface area contributed by atoms with Gasteiger partial charge in [-0.3, -0.25) is 9.59 Å². The fourth-order valence-electron chi connectivity index (χ4n) is 2.11. The number of Topliss-reactive ketones (excluding diaryl/α,β-unsaturated/α-hetero) is 1. The highest BCUT2D eigenvalue weighted by atomic mass is 16.6. The van der Waals surface area contributed by atoms with E-state index in [-0.39, 0.29) is 30.8 Å². The van der Waals surface area contributed by atoms with Crippen LogP contribution in [0.1, 0.15) is 24.2 Å². The Morgan fingerprint density at radius 3 is 2.07 bits per heavy atom. The largest absolute Gasteiger partial charge is 0.497 e. The molecule has 0 spiro atoms. The van der Waals surface area contributed by atoms with Crippen molar-refractivity contribution in [2.75, 3.05) is 25.6 Å². The number of ether oxygens (including phenoxy) is 3. The number of nitrogens with one attached hydrogen (secondary N) is 1. The second kappa shape index (κ2) is 10.1. The van der Waals surface area contributed by atoms with Crippen molar-refractivity contribution in [3.05, 3.63) is 54.1 Å². The van der Waals surface area contributed by atoms with E-state index in [1.54, 1.807) is 69.5 Å². The second-order valence-electron chi connectivity index (χ2n) is 6.27. The smallest absolute Gasteiger partial charge is 0.344 e. The minimum atomic E-state index is -0.648. The summed E-state index contributed by atoms with van der Waals surface area (Å²) in [6.45, 7) is 2.89. The first-order valence-electron chi connectivity index (χ1n) is 8.75. The van der Waals surface area contributed by atoms with Gasteiger partial charge in [0.2, 0.25) is 5.91 Å². The van der Waals surface area contributed by atoms with Crippen molar-refractivity contribution in [3.8, 4) is 11.5 Å². The van der Waals surface area contributed by atoms with Gasteiger partial charge in [-0.25, -0.2) is 4.79 Å². The maximum absolute atomic E-state index is 12.1. The third-order valence-electron chi connectivity index (χ3n) is 3.78. The lowest BCUT2D eigenvalue weighted by Gasteiger charge is -2.09. The zero-order chi connectivity index (χ0) is 20.5. The minimum absolute atomic E-state index is 0.107. The van der Waals surface area contributed by atoms with Crippen LogP contribution in [0.3, 0.4) is 0 Å². The molecule has 0 aliphatic heterocycles. The number of hydrogen-bond donors (Lipinski definition) is 1. The van der Waals surface area contributed by atoms with Crippen LogP contribution in [0.5, 0.6) is 11.5 Å². The number of esters is 1. The van der Waals surface area contributed by atoms with Gasteiger partial charge in [-0.2, -0.15) is 0 Å². The monoisotopic (exact) mass is 385 g/mol. The van der Waals surface area contributed by atoms with E-state index in [4.69, 9.17) is 14.2 Å². The Morgan fingerprint density at radius 2 is 1.50 bits per heavy atom. The molecule has 0 bridgehead atoms. The average Bonchev–Trinajstić information content (AvgIpc) is 2.71. The molecule has 0 atom stereocenters. The van der Waals surface area contributed by atoms with Crippen molar-refractivity contribution < 1.29 is 28.6 Å². The lowest BCUT2D eigenvalue weighted by Crippen LogP contribution is -2.20. The summed E-state index contributed by atoms with van der Waals surface area (Å²) < 4.78 is 15.3. The maximum Gasteiger partial charge on any atom is 0.344 e. The van der Waals surface area contributed by atoms with Crippen molar-refractivity contribution in [3.63, 3.8) is 0 Å². The summed E-state index contributed by atoms with van der Waals surface area (Å²) in [6, 6.07) is 13.1. The highest BCUT2D eigenvalue weighted by Gasteiger charge is 2.12. The Bertz CT molecular complexity index is 812. The number of carbonyl (C=O) groups excluding carboxylic acids is 3. The standard InChI is InChI=1S/C21H23NO6/c1-14(2)21(25)22-16-6-4-15(5-7-16)19(23)12-28-20(24)13-27-18-10-8-17(26-3)9-11-18/h4-11,14H,12-13H2,1-3H3,(H,22,25). The van der Waals surface area contributed by atoms with E-state index in [0.717, 1.165) is 0 Å². The van der Waals surface area contributed by atoms with Crippen LogP contribution >= 0.6 is 0 Å². The Balaban J connectivity index is 1.77. The summed E-state index contributed by atoms with van der Waals surface area (Å²) in [5.74, 6) is -0.0753. The van der Waals surface area contributed by atoms with E-state index in [9.17, 15) is 14.4 Å². The van der Waals surface area contributed by atoms with Crippen LogP contribution in [0.15, 0.2) is 48.5 Å². The maximum atomic E-state index is 12.1. The number of anilines is 1. The predicted octanol–water partition coefficient (Wildman–Crippen LogP) is 3.09. The molecule has 0 saturated heterocycles. The summed E-state index contributed by atoms with van der Waals surface area (Å²) in [5.41, 5.74) is 0.978. The normalized spacial score (nSPS) is 10.3. The summed E-state index contributed by atoms with van der Waals surface area (Å²) in [4.78, 5) is 35.5. The highest BCUT2D eigenvalue weighted by molar-refractivity contribution is 5.99. The third-order valence-corrected chi connectivity index (χ3v) is 3.78. The molecule has 2 rings (SSSR count). The molecule has 0 heterocycles. The lowest BCUT2D eigenvalue weighted by molar-refractivity contribution is -0.144. The van der Waals surface area contributed by atoms with E-state index in [0.29, 0.717) is 22.7 Å². The van der Waals surface area contributed by atoms with Crippen LogP contribution in [0, 0.1) is 5.92 Å². The molecular weight excluding hydrogens is 362 g/mol. The third kappa shape index (κ3) is 6.42. The Hall–Kier alpha value is -3.35. The molecule has 0 fully saturated rings. The fourth-order valence-corrected chi connectivity index (χ4v) is 2.11. The van der Waals surface area contributed by atoms with Crippen molar-refractivity contribution >= 4 is 23.3 Å². The number of methoxy groups -OCH3 is 1. The van der Waals surface area contributed by atoms with Gasteiger partial charge in [-0.15, -0.1) is 0 Å². The van der Waals surface area contributed by atoms with E-state index < -0.39 is 5.97 Å². The van der Waals surface area contributed by atoms with Crippen molar-refractivity contribution in [1.82, 2.24) is 0 Å². The number of carbonyl (C=O) groups is 3. The molecule has 28 heavy (non-hydrogen) atoms. The molecule has 0 aliphatic carbocycles. The first-order chi connectivity index (χ1) is 13.4. The molecule has 7 heteroatoms. The van der Waals surface area contributed by atoms with Crippen molar-refractivity contribution in [2.45, 2.75) is 13.8 Å². The predicted molar refractivity (Wildman–Crippen MR) is 104 cm³/mol. The number of benzene rings is 2. The van der Waals surface area contributed by atoms with Crippen molar-refractivity contribution in [1.29, 1.82) is 0 Å². The van der Waals surface area contributed by atoms with Crippen LogP contribution in [0.2, 0.25) is 0 Å². The molecule has 1 N–H and O–H groups in total. The van der Waals surface area contributed by atoms with Crippen molar-refractivity contribution in [2.24, 2.45) is 5.92 Å². The second-order valence-corrected chi connectivity index (χ2v) is 6.27. The van der Waals surface area contributed by atoms with Gasteiger partial charge in [-0.1, -0.05) is 13.8 Å². The first-order valence-corrected chi connectivity index (χ1v) is 8.75. The van der Waals surface area contributed by atoms with E-state index in [1.807, 2.05) is 0 Å². The Labute approximate surface area is 163 Å². The van der Waals surface area contributed by atoms with Gasteiger partial charge in [0.25, 0.3) is 0 Å². The summed E-state index contributed by atoms with van der Waals surface area (Å²) in [7, 11) is 1.56. The van der Waals surface area contributed by atoms with Gasteiger partial charge in [0, 0.05) is 17.2 Å². The fraction of sp³-hybridized carbons (Fsp3) is 0.286. The molecule has 0 radical (unpaired) electrons. The van der Waals surface area contributed by atoms with Crippen LogP contribution in [0.4, 0.5) is 5.69 Å². The molecule has 0 unspecified atom stereocenters. The zero-order valence-electron chi connectivity index (χ0n) is 16.1. The number of rotatable bonds is 9. The highest BCUT2D eigenvalue weighted by Crippen LogP contribution is 2.17. The first kappa shape index (κ1) is 21.0. The van der Waals surface area contributed by atoms with Gasteiger partial charge in [-0.05, 0) is 48.5 Å². The lowest BCUT2D eigenvalue weighted by atomic mass is 10.1. The average molecular weight is 385 g/mol. The molecule has 2 aromatic carbocycles. The molecule has 0 aromatic heterocycles. The molecule has 7 nitrogen and oxygen atoms in total. The Morgan fingerprint density at radius 1 is 0.893 bits per heavy atom. The van der Waals surface area contributed by atoms with Gasteiger partial charge in [0.15, 0.2) is 19.0 Å². The van der Waals surface area contributed by atoms with Gasteiger partial charge in [0.05, 0.1) is 7.11 Å². The van der Waals surface area contributed by atoms with Crippen LogP contribution in [-0.4, -0.2) is 38.0 Å². The van der Waals surface area contributed by atoms with Crippen LogP contribution < -0.4 is 14.8 Å². The topological polar surface area (TPSA) is 90.9 Å². The zero-order valence-corrected chi connectivity index (χ0v) is 16.1. The SMILES string of the molecule is COc1ccc(OCC(=O)OCC(=O)c2ccc(NC(=O)C(C)C)cc2)cc1. The molecule has 1 amide bonds.